The summed E-state index contributed by atoms with van der Waals surface area (Å²) in [6.07, 6.45) is 0.642. The van der Waals surface area contributed by atoms with E-state index in [0.717, 1.165) is 5.56 Å². The number of nitrogens with one attached hydrogen (secondary N) is 3. The number of carbonyl (C=O) groups excluding carboxylic acids is 3. The normalized spacial score (nSPS) is 12.9. The quantitative estimate of drug-likeness (QED) is 0.196. The van der Waals surface area contributed by atoms with Crippen LogP contribution in [0.25, 0.3) is 0 Å². The third-order valence-electron chi connectivity index (χ3n) is 5.81. The van der Waals surface area contributed by atoms with E-state index in [4.69, 9.17) is 37.4 Å². The Hall–Kier alpha value is -3.86. The number of benzene rings is 2. The largest absolute Gasteiger partial charge is 0.466 e. The first-order chi connectivity index (χ1) is 20.2. The lowest BCUT2D eigenvalue weighted by atomic mass is 10.0. The minimum atomic E-state index is -1.15. The molecule has 0 saturated heterocycles. The zero-order valence-corrected chi connectivity index (χ0v) is 24.9. The Morgan fingerprint density at radius 1 is 0.905 bits per heavy atom. The summed E-state index contributed by atoms with van der Waals surface area (Å²) in [6.45, 7) is 3.73. The lowest BCUT2D eigenvalue weighted by molar-refractivity contribution is -0.143. The van der Waals surface area contributed by atoms with E-state index < -0.39 is 30.1 Å². The standard InChI is InChI=1S/C30H34Cl2N4O6/c1-3-41-28(37)16-25(22-13-23(31)15-24(32)14-22)35-29(38)26(19-40-18-21-9-5-4-6-10-21)36-30(39)42-17-20(2)34-27-11-7-8-12-33-27/h4-15,20,25-26H,3,16-19H2,1-2H3,(H,33,34)(H,35,38)(H,36,39). The number of amides is 2. The first-order valence-electron chi connectivity index (χ1n) is 13.4. The Morgan fingerprint density at radius 2 is 1.62 bits per heavy atom. The maximum atomic E-state index is 13.5. The maximum absolute atomic E-state index is 13.5. The van der Waals surface area contributed by atoms with E-state index in [-0.39, 0.29) is 38.9 Å². The van der Waals surface area contributed by atoms with Gasteiger partial charge in [0.2, 0.25) is 5.91 Å². The number of anilines is 1. The van der Waals surface area contributed by atoms with Crippen LogP contribution >= 0.6 is 23.2 Å². The fraction of sp³-hybridized carbons (Fsp3) is 0.333. The lowest BCUT2D eigenvalue weighted by Crippen LogP contribution is -2.50. The predicted molar refractivity (Wildman–Crippen MR) is 160 cm³/mol. The minimum absolute atomic E-state index is 0.00805. The van der Waals surface area contributed by atoms with Crippen LogP contribution in [0.3, 0.4) is 0 Å². The van der Waals surface area contributed by atoms with Crippen LogP contribution in [0.5, 0.6) is 0 Å². The molecule has 3 aromatic rings. The van der Waals surface area contributed by atoms with Crippen molar-refractivity contribution in [3.8, 4) is 0 Å². The Balaban J connectivity index is 1.69. The van der Waals surface area contributed by atoms with Crippen LogP contribution in [0.15, 0.2) is 72.9 Å². The highest BCUT2D eigenvalue weighted by molar-refractivity contribution is 6.34. The van der Waals surface area contributed by atoms with E-state index >= 15 is 0 Å². The van der Waals surface area contributed by atoms with Crippen LogP contribution in [0.4, 0.5) is 10.6 Å². The molecule has 2 amide bonds. The number of rotatable bonds is 15. The van der Waals surface area contributed by atoms with Crippen molar-refractivity contribution < 1.29 is 28.6 Å². The van der Waals surface area contributed by atoms with E-state index in [1.807, 2.05) is 43.3 Å². The van der Waals surface area contributed by atoms with E-state index in [1.54, 1.807) is 37.4 Å². The Labute approximate surface area is 255 Å². The zero-order chi connectivity index (χ0) is 30.3. The van der Waals surface area contributed by atoms with E-state index in [1.165, 1.54) is 6.07 Å². The number of alkyl carbamates (subject to hydrolysis) is 1. The summed E-state index contributed by atoms with van der Waals surface area (Å²) in [6, 6.07) is 17.3. The summed E-state index contributed by atoms with van der Waals surface area (Å²) in [7, 11) is 0. The fourth-order valence-corrected chi connectivity index (χ4v) is 4.41. The molecule has 0 aliphatic carbocycles. The van der Waals surface area contributed by atoms with Gasteiger partial charge in [0.1, 0.15) is 18.5 Å². The second-order valence-electron chi connectivity index (χ2n) is 9.33. The number of esters is 1. The molecule has 0 saturated carbocycles. The van der Waals surface area contributed by atoms with Gasteiger partial charge >= 0.3 is 12.1 Å². The van der Waals surface area contributed by atoms with Gasteiger partial charge in [-0.3, -0.25) is 9.59 Å². The molecule has 10 nitrogen and oxygen atoms in total. The van der Waals surface area contributed by atoms with Crippen molar-refractivity contribution in [2.45, 2.75) is 45.0 Å². The monoisotopic (exact) mass is 616 g/mol. The molecule has 3 rings (SSSR count). The van der Waals surface area contributed by atoms with Crippen LogP contribution in [-0.4, -0.2) is 54.9 Å². The molecule has 42 heavy (non-hydrogen) atoms. The highest BCUT2D eigenvalue weighted by Crippen LogP contribution is 2.26. The number of hydrogen-bond acceptors (Lipinski definition) is 8. The van der Waals surface area contributed by atoms with Gasteiger partial charge in [-0.1, -0.05) is 59.6 Å². The summed E-state index contributed by atoms with van der Waals surface area (Å²) in [5, 5.41) is 9.16. The molecule has 3 atom stereocenters. The number of aromatic nitrogens is 1. The second kappa shape index (κ2) is 17.2. The van der Waals surface area contributed by atoms with Crippen molar-refractivity contribution in [2.75, 3.05) is 25.1 Å². The van der Waals surface area contributed by atoms with Gasteiger partial charge in [-0.15, -0.1) is 0 Å². The van der Waals surface area contributed by atoms with Crippen molar-refractivity contribution in [2.24, 2.45) is 0 Å². The SMILES string of the molecule is CCOC(=O)CC(NC(=O)C(COCc1ccccc1)NC(=O)OCC(C)Nc1ccccn1)c1cc(Cl)cc(Cl)c1. The van der Waals surface area contributed by atoms with Crippen LogP contribution in [0, 0.1) is 0 Å². The number of pyridine rings is 1. The molecule has 0 aliphatic heterocycles. The van der Waals surface area contributed by atoms with E-state index in [9.17, 15) is 14.4 Å². The fourth-order valence-electron chi connectivity index (χ4n) is 3.87. The third kappa shape index (κ3) is 11.6. The molecule has 3 N–H and O–H groups in total. The van der Waals surface area contributed by atoms with Gasteiger partial charge in [0.25, 0.3) is 0 Å². The average Bonchev–Trinajstić information content (AvgIpc) is 2.96. The van der Waals surface area contributed by atoms with Gasteiger partial charge in [-0.25, -0.2) is 9.78 Å². The summed E-state index contributed by atoms with van der Waals surface area (Å²) < 4.78 is 16.2. The number of halogens is 2. The number of nitrogens with zero attached hydrogens (tertiary/aromatic N) is 1. The van der Waals surface area contributed by atoms with Crippen LogP contribution < -0.4 is 16.0 Å². The van der Waals surface area contributed by atoms with Crippen LogP contribution in [-0.2, 0) is 30.4 Å². The topological polar surface area (TPSA) is 128 Å². The minimum Gasteiger partial charge on any atom is -0.466 e. The lowest BCUT2D eigenvalue weighted by Gasteiger charge is -2.24. The Morgan fingerprint density at radius 3 is 2.29 bits per heavy atom. The van der Waals surface area contributed by atoms with Gasteiger partial charge in [0, 0.05) is 16.2 Å². The summed E-state index contributed by atoms with van der Waals surface area (Å²) in [5.74, 6) is -0.503. The van der Waals surface area contributed by atoms with Gasteiger partial charge in [-0.2, -0.15) is 0 Å². The number of ether oxygens (including phenoxy) is 3. The molecular formula is C30H34Cl2N4O6. The second-order valence-corrected chi connectivity index (χ2v) is 10.2. The van der Waals surface area contributed by atoms with E-state index in [2.05, 4.69) is 20.9 Å². The molecule has 0 bridgehead atoms. The smallest absolute Gasteiger partial charge is 0.407 e. The molecule has 0 radical (unpaired) electrons. The Bertz CT molecular complexity index is 1280. The van der Waals surface area contributed by atoms with Crippen molar-refractivity contribution in [3.05, 3.63) is 94.1 Å². The zero-order valence-electron chi connectivity index (χ0n) is 23.3. The molecule has 12 heteroatoms. The van der Waals surface area contributed by atoms with Crippen LogP contribution in [0.1, 0.15) is 37.4 Å². The summed E-state index contributed by atoms with van der Waals surface area (Å²) >= 11 is 12.4. The molecule has 1 aromatic heterocycles. The molecule has 0 fully saturated rings. The van der Waals surface area contributed by atoms with Gasteiger partial charge < -0.3 is 30.2 Å². The molecule has 3 unspecified atom stereocenters. The first kappa shape index (κ1) is 32.7. The number of hydrogen-bond donors (Lipinski definition) is 3. The van der Waals surface area contributed by atoms with E-state index in [0.29, 0.717) is 21.4 Å². The Kier molecular flexibility index (Phi) is 13.4. The molecule has 2 aromatic carbocycles. The predicted octanol–water partition coefficient (Wildman–Crippen LogP) is 5.31. The molecule has 0 aliphatic rings. The van der Waals surface area contributed by atoms with Crippen LogP contribution in [0.2, 0.25) is 10.0 Å². The summed E-state index contributed by atoms with van der Waals surface area (Å²) in [4.78, 5) is 42.8. The average molecular weight is 618 g/mol. The van der Waals surface area contributed by atoms with Gasteiger partial charge in [-0.05, 0) is 55.3 Å². The third-order valence-corrected chi connectivity index (χ3v) is 6.24. The van der Waals surface area contributed by atoms with Crippen molar-refractivity contribution in [1.82, 2.24) is 15.6 Å². The summed E-state index contributed by atoms with van der Waals surface area (Å²) in [5.41, 5.74) is 1.39. The molecule has 0 spiro atoms. The van der Waals surface area contributed by atoms with Gasteiger partial charge in [0.15, 0.2) is 0 Å². The highest BCUT2D eigenvalue weighted by atomic mass is 35.5. The van der Waals surface area contributed by atoms with Crippen molar-refractivity contribution in [1.29, 1.82) is 0 Å². The molecule has 224 valence electrons. The molecular weight excluding hydrogens is 583 g/mol. The van der Waals surface area contributed by atoms with Gasteiger partial charge in [0.05, 0.1) is 38.3 Å². The van der Waals surface area contributed by atoms with Crippen molar-refractivity contribution in [3.63, 3.8) is 0 Å². The first-order valence-corrected chi connectivity index (χ1v) is 14.1. The highest BCUT2D eigenvalue weighted by Gasteiger charge is 2.27. The number of carbonyl (C=O) groups is 3. The maximum Gasteiger partial charge on any atom is 0.407 e. The molecule has 1 heterocycles. The van der Waals surface area contributed by atoms with Crippen molar-refractivity contribution >= 4 is 47.0 Å².